The van der Waals surface area contributed by atoms with Crippen LogP contribution in [0.5, 0.6) is 0 Å². The van der Waals surface area contributed by atoms with Crippen molar-refractivity contribution in [1.29, 1.82) is 0 Å². The van der Waals surface area contributed by atoms with Gasteiger partial charge in [0.15, 0.2) is 0 Å². The number of likely N-dealkylation sites (tertiary alicyclic amines) is 1. The quantitative estimate of drug-likeness (QED) is 0.851. The van der Waals surface area contributed by atoms with Crippen molar-refractivity contribution in [3.8, 4) is 0 Å². The van der Waals surface area contributed by atoms with E-state index in [1.807, 2.05) is 18.2 Å². The Balaban J connectivity index is 1.77. The first-order valence-electron chi connectivity index (χ1n) is 7.53. The Labute approximate surface area is 129 Å². The van der Waals surface area contributed by atoms with Gasteiger partial charge >= 0.3 is 0 Å². The standard InChI is InChI=1S/C16H19N3O3/c1-3-18-15(21)9-13(16(18)22)17-12-4-5-14-11(8-12)6-7-19(14)10(2)20/h4-5,8,13,17H,3,6-7,9H2,1-2H3/t13-/m0/s1. The van der Waals surface area contributed by atoms with Crippen LogP contribution in [0.25, 0.3) is 0 Å². The van der Waals surface area contributed by atoms with Crippen molar-refractivity contribution in [2.75, 3.05) is 23.3 Å². The van der Waals surface area contributed by atoms with Crippen molar-refractivity contribution >= 4 is 29.1 Å². The van der Waals surface area contributed by atoms with Crippen LogP contribution in [0.15, 0.2) is 18.2 Å². The number of amides is 3. The monoisotopic (exact) mass is 301 g/mol. The van der Waals surface area contributed by atoms with E-state index < -0.39 is 6.04 Å². The molecule has 22 heavy (non-hydrogen) atoms. The molecular formula is C16H19N3O3. The van der Waals surface area contributed by atoms with Crippen molar-refractivity contribution in [1.82, 2.24) is 4.90 Å². The fourth-order valence-electron chi connectivity index (χ4n) is 3.15. The predicted molar refractivity (Wildman–Crippen MR) is 82.6 cm³/mol. The third kappa shape index (κ3) is 2.34. The minimum absolute atomic E-state index is 0.0367. The number of rotatable bonds is 3. The van der Waals surface area contributed by atoms with E-state index in [4.69, 9.17) is 0 Å². The maximum atomic E-state index is 12.1. The Morgan fingerprint density at radius 3 is 2.77 bits per heavy atom. The number of nitrogens with one attached hydrogen (secondary N) is 1. The minimum Gasteiger partial charge on any atom is -0.373 e. The van der Waals surface area contributed by atoms with Gasteiger partial charge in [-0.1, -0.05) is 0 Å². The topological polar surface area (TPSA) is 69.7 Å². The van der Waals surface area contributed by atoms with E-state index in [-0.39, 0.29) is 24.1 Å². The van der Waals surface area contributed by atoms with E-state index in [1.165, 1.54) is 4.90 Å². The van der Waals surface area contributed by atoms with E-state index >= 15 is 0 Å². The predicted octanol–water partition coefficient (Wildman–Crippen LogP) is 1.15. The zero-order valence-electron chi connectivity index (χ0n) is 12.8. The Morgan fingerprint density at radius 2 is 2.14 bits per heavy atom. The van der Waals surface area contributed by atoms with Gasteiger partial charge in [-0.15, -0.1) is 0 Å². The van der Waals surface area contributed by atoms with Gasteiger partial charge in [-0.3, -0.25) is 19.3 Å². The number of carbonyl (C=O) groups excluding carboxylic acids is 3. The summed E-state index contributed by atoms with van der Waals surface area (Å²) in [6.07, 6.45) is 1.01. The van der Waals surface area contributed by atoms with Gasteiger partial charge in [0.25, 0.3) is 5.91 Å². The molecule has 1 fully saturated rings. The molecule has 0 radical (unpaired) electrons. The van der Waals surface area contributed by atoms with E-state index in [1.54, 1.807) is 18.7 Å². The zero-order valence-corrected chi connectivity index (χ0v) is 12.8. The van der Waals surface area contributed by atoms with E-state index in [2.05, 4.69) is 5.32 Å². The average Bonchev–Trinajstić information content (AvgIpc) is 3.00. The minimum atomic E-state index is -0.490. The smallest absolute Gasteiger partial charge is 0.252 e. The summed E-state index contributed by atoms with van der Waals surface area (Å²) >= 11 is 0. The molecule has 0 saturated carbocycles. The maximum Gasteiger partial charge on any atom is 0.252 e. The molecule has 1 atom stereocenters. The molecule has 0 unspecified atom stereocenters. The van der Waals surface area contributed by atoms with E-state index in [0.717, 1.165) is 23.4 Å². The number of nitrogens with zero attached hydrogens (tertiary/aromatic N) is 2. The lowest BCUT2D eigenvalue weighted by atomic mass is 10.1. The lowest BCUT2D eigenvalue weighted by Crippen LogP contribution is -2.34. The SMILES string of the molecule is CCN1C(=O)C[C@H](Nc2ccc3c(c2)CCN3C(C)=O)C1=O. The van der Waals surface area contributed by atoms with Gasteiger partial charge in [0.2, 0.25) is 11.8 Å². The third-order valence-electron chi connectivity index (χ3n) is 4.26. The highest BCUT2D eigenvalue weighted by Crippen LogP contribution is 2.31. The molecule has 2 aliphatic rings. The highest BCUT2D eigenvalue weighted by molar-refractivity contribution is 6.06. The van der Waals surface area contributed by atoms with Gasteiger partial charge in [0, 0.05) is 31.4 Å². The van der Waals surface area contributed by atoms with Gasteiger partial charge in [0.05, 0.1) is 6.42 Å². The van der Waals surface area contributed by atoms with Crippen LogP contribution in [0.4, 0.5) is 11.4 Å². The normalized spacial score (nSPS) is 20.5. The van der Waals surface area contributed by atoms with Gasteiger partial charge in [-0.2, -0.15) is 0 Å². The molecule has 1 aromatic carbocycles. The number of carbonyl (C=O) groups is 3. The maximum absolute atomic E-state index is 12.1. The summed E-state index contributed by atoms with van der Waals surface area (Å²) in [4.78, 5) is 38.4. The van der Waals surface area contributed by atoms with Crippen molar-refractivity contribution in [2.24, 2.45) is 0 Å². The molecule has 3 amide bonds. The van der Waals surface area contributed by atoms with Crippen molar-refractivity contribution in [3.05, 3.63) is 23.8 Å². The Morgan fingerprint density at radius 1 is 1.36 bits per heavy atom. The number of benzene rings is 1. The van der Waals surface area contributed by atoms with Crippen LogP contribution in [-0.4, -0.2) is 41.8 Å². The van der Waals surface area contributed by atoms with Crippen LogP contribution in [0, 0.1) is 0 Å². The summed E-state index contributed by atoms with van der Waals surface area (Å²) < 4.78 is 0. The molecule has 1 aromatic rings. The molecule has 0 bridgehead atoms. The number of hydrogen-bond acceptors (Lipinski definition) is 4. The van der Waals surface area contributed by atoms with Crippen molar-refractivity contribution in [2.45, 2.75) is 32.7 Å². The summed E-state index contributed by atoms with van der Waals surface area (Å²) in [6.45, 7) is 4.46. The molecule has 116 valence electrons. The van der Waals surface area contributed by atoms with Crippen molar-refractivity contribution < 1.29 is 14.4 Å². The van der Waals surface area contributed by atoms with Gasteiger partial charge < -0.3 is 10.2 Å². The van der Waals surface area contributed by atoms with Crippen LogP contribution in [0.1, 0.15) is 25.8 Å². The second kappa shape index (κ2) is 5.44. The third-order valence-corrected chi connectivity index (χ3v) is 4.26. The molecule has 0 aromatic heterocycles. The van der Waals surface area contributed by atoms with E-state index in [9.17, 15) is 14.4 Å². The number of anilines is 2. The molecule has 0 aliphatic carbocycles. The summed E-state index contributed by atoms with van der Waals surface area (Å²) in [6, 6.07) is 5.22. The highest BCUT2D eigenvalue weighted by atomic mass is 16.2. The Kier molecular flexibility index (Phi) is 3.60. The fourth-order valence-corrected chi connectivity index (χ4v) is 3.15. The molecule has 1 N–H and O–H groups in total. The molecule has 0 spiro atoms. The largest absolute Gasteiger partial charge is 0.373 e. The molecule has 2 aliphatic heterocycles. The lowest BCUT2D eigenvalue weighted by molar-refractivity contribution is -0.138. The molecule has 2 heterocycles. The highest BCUT2D eigenvalue weighted by Gasteiger charge is 2.37. The number of fused-ring (bicyclic) bond motifs is 1. The van der Waals surface area contributed by atoms with Gasteiger partial charge in [0.1, 0.15) is 6.04 Å². The molecule has 1 saturated heterocycles. The second-order valence-electron chi connectivity index (χ2n) is 5.64. The molecule has 3 rings (SSSR count). The number of likely N-dealkylation sites (N-methyl/N-ethyl adjacent to an activating group) is 1. The van der Waals surface area contributed by atoms with Crippen LogP contribution < -0.4 is 10.2 Å². The average molecular weight is 301 g/mol. The summed E-state index contributed by atoms with van der Waals surface area (Å²) in [5.41, 5.74) is 2.83. The first-order valence-corrected chi connectivity index (χ1v) is 7.53. The van der Waals surface area contributed by atoms with Crippen LogP contribution in [0.2, 0.25) is 0 Å². The number of hydrogen-bond donors (Lipinski definition) is 1. The fraction of sp³-hybridized carbons (Fsp3) is 0.438. The summed E-state index contributed by atoms with van der Waals surface area (Å²) in [7, 11) is 0. The zero-order chi connectivity index (χ0) is 15.9. The Bertz CT molecular complexity index is 656. The lowest BCUT2D eigenvalue weighted by Gasteiger charge is -2.17. The van der Waals surface area contributed by atoms with Crippen LogP contribution in [-0.2, 0) is 20.8 Å². The summed E-state index contributed by atoms with van der Waals surface area (Å²) in [5.74, 6) is -0.262. The Hall–Kier alpha value is -2.37. The van der Waals surface area contributed by atoms with Crippen LogP contribution in [0.3, 0.4) is 0 Å². The van der Waals surface area contributed by atoms with Crippen molar-refractivity contribution in [3.63, 3.8) is 0 Å². The first-order chi connectivity index (χ1) is 10.5. The van der Waals surface area contributed by atoms with E-state index in [0.29, 0.717) is 13.1 Å². The molecular weight excluding hydrogens is 282 g/mol. The van der Waals surface area contributed by atoms with Gasteiger partial charge in [-0.25, -0.2) is 0 Å². The molecule has 6 nitrogen and oxygen atoms in total. The first kappa shape index (κ1) is 14.6. The van der Waals surface area contributed by atoms with Gasteiger partial charge in [-0.05, 0) is 37.1 Å². The van der Waals surface area contributed by atoms with Crippen LogP contribution >= 0.6 is 0 Å². The molecule has 6 heteroatoms. The second-order valence-corrected chi connectivity index (χ2v) is 5.64. The summed E-state index contributed by atoms with van der Waals surface area (Å²) in [5, 5.41) is 3.14. The number of imide groups is 1.